The fourth-order valence-corrected chi connectivity index (χ4v) is 1.51. The highest BCUT2D eigenvalue weighted by Crippen LogP contribution is 2.31. The Kier molecular flexibility index (Phi) is 4.38. The molecular weight excluding hydrogens is 276 g/mol. The molecule has 0 aliphatic heterocycles. The Morgan fingerprint density at radius 1 is 1.56 bits per heavy atom. The molecule has 0 fully saturated rings. The molecule has 9 heteroatoms. The maximum Gasteiger partial charge on any atom is 0.387 e. The number of aromatic carboxylic acids is 1. The van der Waals surface area contributed by atoms with E-state index in [4.69, 9.17) is 16.7 Å². The molecule has 1 N–H and O–H groups in total. The van der Waals surface area contributed by atoms with Crippen molar-refractivity contribution in [1.82, 2.24) is 0 Å². The number of nitro benzene ring substituents is 1. The van der Waals surface area contributed by atoms with E-state index in [0.29, 0.717) is 6.07 Å². The second-order valence-corrected chi connectivity index (χ2v) is 3.32. The largest absolute Gasteiger partial charge is 0.478 e. The van der Waals surface area contributed by atoms with Crippen molar-refractivity contribution < 1.29 is 28.3 Å². The molecule has 1 aromatic carbocycles. The molecule has 0 spiro atoms. The lowest BCUT2D eigenvalue weighted by Crippen LogP contribution is -2.10. The monoisotopic (exact) mass is 281 g/mol. The summed E-state index contributed by atoms with van der Waals surface area (Å²) >= 11 is 5.43. The SMILES string of the molecule is O=C(O)c1c(CCl)cc([N+](=O)[O-])cc1OC(F)F. The molecule has 0 aliphatic rings. The molecule has 6 nitrogen and oxygen atoms in total. The predicted molar refractivity (Wildman–Crippen MR) is 56.2 cm³/mol. The van der Waals surface area contributed by atoms with Gasteiger partial charge in [-0.1, -0.05) is 0 Å². The number of hydrogen-bond acceptors (Lipinski definition) is 4. The summed E-state index contributed by atoms with van der Waals surface area (Å²) in [5.74, 6) is -2.73. The van der Waals surface area contributed by atoms with Crippen LogP contribution < -0.4 is 4.74 Å². The number of carbonyl (C=O) groups is 1. The number of carboxylic acid groups (broad SMARTS) is 1. The molecule has 0 amide bonds. The molecule has 0 radical (unpaired) electrons. The van der Waals surface area contributed by atoms with E-state index in [0.717, 1.165) is 6.07 Å². The van der Waals surface area contributed by atoms with Crippen LogP contribution in [0.15, 0.2) is 12.1 Å². The van der Waals surface area contributed by atoms with E-state index in [9.17, 15) is 23.7 Å². The molecule has 0 bridgehead atoms. The van der Waals surface area contributed by atoms with Gasteiger partial charge in [0.2, 0.25) is 0 Å². The topological polar surface area (TPSA) is 89.7 Å². The van der Waals surface area contributed by atoms with Crippen LogP contribution in [0.4, 0.5) is 14.5 Å². The minimum absolute atomic E-state index is 0.172. The molecule has 0 unspecified atom stereocenters. The fraction of sp³-hybridized carbons (Fsp3) is 0.222. The summed E-state index contributed by atoms with van der Waals surface area (Å²) in [5.41, 5.74) is -1.36. The first-order valence-corrected chi connectivity index (χ1v) is 4.95. The maximum atomic E-state index is 12.1. The zero-order valence-corrected chi connectivity index (χ0v) is 9.36. The van der Waals surface area contributed by atoms with Gasteiger partial charge < -0.3 is 9.84 Å². The van der Waals surface area contributed by atoms with Crippen molar-refractivity contribution in [2.24, 2.45) is 0 Å². The van der Waals surface area contributed by atoms with Gasteiger partial charge >= 0.3 is 12.6 Å². The third kappa shape index (κ3) is 3.04. The molecule has 0 saturated carbocycles. The van der Waals surface area contributed by atoms with E-state index in [1.54, 1.807) is 0 Å². The summed E-state index contributed by atoms with van der Waals surface area (Å²) in [6, 6.07) is 1.51. The van der Waals surface area contributed by atoms with Crippen molar-refractivity contribution in [2.75, 3.05) is 0 Å². The summed E-state index contributed by atoms with van der Waals surface area (Å²) in [6.45, 7) is -3.30. The zero-order chi connectivity index (χ0) is 13.9. The lowest BCUT2D eigenvalue weighted by atomic mass is 10.1. The molecule has 1 rings (SSSR count). The summed E-state index contributed by atoms with van der Waals surface area (Å²) in [5, 5.41) is 19.4. The van der Waals surface area contributed by atoms with Gasteiger partial charge in [-0.2, -0.15) is 8.78 Å². The van der Waals surface area contributed by atoms with E-state index >= 15 is 0 Å². The van der Waals surface area contributed by atoms with Crippen LogP contribution in [0.3, 0.4) is 0 Å². The molecule has 0 saturated heterocycles. The van der Waals surface area contributed by atoms with Gasteiger partial charge in [0.1, 0.15) is 11.3 Å². The highest BCUT2D eigenvalue weighted by atomic mass is 35.5. The fourth-order valence-electron chi connectivity index (χ4n) is 1.30. The average Bonchev–Trinajstić information content (AvgIpc) is 2.26. The number of halogens is 3. The highest BCUT2D eigenvalue weighted by molar-refractivity contribution is 6.17. The highest BCUT2D eigenvalue weighted by Gasteiger charge is 2.23. The Bertz CT molecular complexity index is 494. The molecule has 0 aromatic heterocycles. The molecule has 98 valence electrons. The molecule has 0 atom stereocenters. The summed E-state index contributed by atoms with van der Waals surface area (Å²) in [7, 11) is 0. The Balaban J connectivity index is 3.46. The number of nitro groups is 1. The van der Waals surface area contributed by atoms with Crippen LogP contribution >= 0.6 is 11.6 Å². The van der Waals surface area contributed by atoms with Crippen LogP contribution in [0, 0.1) is 10.1 Å². The second kappa shape index (κ2) is 5.58. The second-order valence-electron chi connectivity index (χ2n) is 3.05. The average molecular weight is 282 g/mol. The summed E-state index contributed by atoms with van der Waals surface area (Å²) < 4.78 is 28.2. The number of hydrogen-bond donors (Lipinski definition) is 1. The minimum atomic E-state index is -3.30. The van der Waals surface area contributed by atoms with Gasteiger partial charge in [0.15, 0.2) is 0 Å². The van der Waals surface area contributed by atoms with E-state index < -0.39 is 34.5 Å². The first-order valence-electron chi connectivity index (χ1n) is 4.42. The third-order valence-corrected chi connectivity index (χ3v) is 2.24. The van der Waals surface area contributed by atoms with Crippen LogP contribution in [0.2, 0.25) is 0 Å². The van der Waals surface area contributed by atoms with Gasteiger partial charge in [0.05, 0.1) is 11.0 Å². The van der Waals surface area contributed by atoms with Crippen LogP contribution in [-0.4, -0.2) is 22.6 Å². The minimum Gasteiger partial charge on any atom is -0.478 e. The lowest BCUT2D eigenvalue weighted by molar-refractivity contribution is -0.385. The zero-order valence-electron chi connectivity index (χ0n) is 8.60. The van der Waals surface area contributed by atoms with Crippen molar-refractivity contribution in [3.05, 3.63) is 33.4 Å². The van der Waals surface area contributed by atoms with Gasteiger partial charge in [0.25, 0.3) is 5.69 Å². The van der Waals surface area contributed by atoms with Crippen LogP contribution in [0.1, 0.15) is 15.9 Å². The van der Waals surface area contributed by atoms with E-state index in [-0.39, 0.29) is 11.4 Å². The van der Waals surface area contributed by atoms with Gasteiger partial charge in [-0.15, -0.1) is 11.6 Å². The Morgan fingerprint density at radius 3 is 2.56 bits per heavy atom. The van der Waals surface area contributed by atoms with Gasteiger partial charge in [-0.25, -0.2) is 4.79 Å². The predicted octanol–water partition coefficient (Wildman–Crippen LogP) is 2.63. The summed E-state index contributed by atoms with van der Waals surface area (Å²) in [6.07, 6.45) is 0. The van der Waals surface area contributed by atoms with Crippen molar-refractivity contribution in [2.45, 2.75) is 12.5 Å². The first-order chi connectivity index (χ1) is 8.36. The molecule has 0 heterocycles. The van der Waals surface area contributed by atoms with E-state index in [1.807, 2.05) is 0 Å². The van der Waals surface area contributed by atoms with Crippen molar-refractivity contribution in [3.63, 3.8) is 0 Å². The van der Waals surface area contributed by atoms with Crippen LogP contribution in [-0.2, 0) is 5.88 Å². The summed E-state index contributed by atoms with van der Waals surface area (Å²) in [4.78, 5) is 20.6. The number of alkyl halides is 3. The van der Waals surface area contributed by atoms with E-state index in [2.05, 4.69) is 4.74 Å². The van der Waals surface area contributed by atoms with Crippen molar-refractivity contribution >= 4 is 23.3 Å². The van der Waals surface area contributed by atoms with Gasteiger partial charge in [0, 0.05) is 11.9 Å². The quantitative estimate of drug-likeness (QED) is 0.509. The molecule has 18 heavy (non-hydrogen) atoms. The maximum absolute atomic E-state index is 12.1. The number of nitrogens with zero attached hydrogens (tertiary/aromatic N) is 1. The number of non-ortho nitro benzene ring substituents is 1. The van der Waals surface area contributed by atoms with Crippen LogP contribution in [0.25, 0.3) is 0 Å². The number of carboxylic acids is 1. The number of benzene rings is 1. The van der Waals surface area contributed by atoms with Gasteiger partial charge in [-0.05, 0) is 5.56 Å². The Labute approximate surface area is 104 Å². The smallest absolute Gasteiger partial charge is 0.387 e. The standard InChI is InChI=1S/C9H6ClF2NO5/c10-3-4-1-5(13(16)17)2-6(18-9(11)12)7(4)8(14)15/h1-2,9H,3H2,(H,14,15). The van der Waals surface area contributed by atoms with Gasteiger partial charge in [-0.3, -0.25) is 10.1 Å². The van der Waals surface area contributed by atoms with Crippen molar-refractivity contribution in [3.8, 4) is 5.75 Å². The molecule has 1 aromatic rings. The normalized spacial score (nSPS) is 10.4. The molecular formula is C9H6ClF2NO5. The third-order valence-electron chi connectivity index (χ3n) is 1.95. The molecule has 0 aliphatic carbocycles. The van der Waals surface area contributed by atoms with Crippen molar-refractivity contribution in [1.29, 1.82) is 0 Å². The number of rotatable bonds is 5. The number of ether oxygens (including phenoxy) is 1. The van der Waals surface area contributed by atoms with Crippen LogP contribution in [0.5, 0.6) is 5.75 Å². The first kappa shape index (κ1) is 14.1. The Hall–Kier alpha value is -1.96. The van der Waals surface area contributed by atoms with E-state index in [1.165, 1.54) is 0 Å². The lowest BCUT2D eigenvalue weighted by Gasteiger charge is -2.10. The Morgan fingerprint density at radius 2 is 2.17 bits per heavy atom.